The molecular formula is C9H12ClN5. The third-order valence-corrected chi connectivity index (χ3v) is 2.51. The summed E-state index contributed by atoms with van der Waals surface area (Å²) in [5, 5.41) is 7.79. The molecule has 0 bridgehead atoms. The summed E-state index contributed by atoms with van der Waals surface area (Å²) in [4.78, 5) is 4.00. The Kier molecular flexibility index (Phi) is 3.01. The van der Waals surface area contributed by atoms with Gasteiger partial charge in [-0.1, -0.05) is 0 Å². The highest BCUT2D eigenvalue weighted by Gasteiger charge is 2.10. The van der Waals surface area contributed by atoms with Gasteiger partial charge in [0.05, 0.1) is 18.2 Å². The first-order valence-corrected chi connectivity index (χ1v) is 5.25. The molecule has 0 aliphatic heterocycles. The summed E-state index contributed by atoms with van der Waals surface area (Å²) in [5.41, 5.74) is 0. The fourth-order valence-corrected chi connectivity index (χ4v) is 1.71. The topological polar surface area (TPSA) is 48.5 Å². The molecule has 0 radical (unpaired) electrons. The van der Waals surface area contributed by atoms with Crippen LogP contribution in [0.1, 0.15) is 18.8 Å². The van der Waals surface area contributed by atoms with Crippen LogP contribution in [-0.4, -0.2) is 24.3 Å². The summed E-state index contributed by atoms with van der Waals surface area (Å²) >= 11 is 5.76. The Balaban J connectivity index is 2.11. The van der Waals surface area contributed by atoms with Gasteiger partial charge in [-0.3, -0.25) is 0 Å². The molecule has 2 aromatic heterocycles. The van der Waals surface area contributed by atoms with Gasteiger partial charge in [0.25, 0.3) is 0 Å². The third-order valence-electron chi connectivity index (χ3n) is 2.28. The van der Waals surface area contributed by atoms with Crippen molar-refractivity contribution < 1.29 is 0 Å². The summed E-state index contributed by atoms with van der Waals surface area (Å²) < 4.78 is 4.00. The Labute approximate surface area is 92.7 Å². The van der Waals surface area contributed by atoms with Gasteiger partial charge in [-0.15, -0.1) is 21.8 Å². The molecule has 6 heteroatoms. The van der Waals surface area contributed by atoms with Crippen molar-refractivity contribution in [3.05, 3.63) is 30.9 Å². The van der Waals surface area contributed by atoms with E-state index >= 15 is 0 Å². The lowest BCUT2D eigenvalue weighted by Gasteiger charge is -2.14. The van der Waals surface area contributed by atoms with E-state index in [0.717, 1.165) is 12.4 Å². The molecule has 0 saturated carbocycles. The van der Waals surface area contributed by atoms with Crippen LogP contribution < -0.4 is 0 Å². The minimum atomic E-state index is 0.267. The van der Waals surface area contributed by atoms with E-state index in [1.165, 1.54) is 0 Å². The fourth-order valence-electron chi connectivity index (χ4n) is 1.52. The molecule has 0 fully saturated rings. The number of halogens is 1. The maximum Gasteiger partial charge on any atom is 0.148 e. The molecule has 2 aromatic rings. The van der Waals surface area contributed by atoms with E-state index in [9.17, 15) is 0 Å². The molecule has 1 atom stereocenters. The van der Waals surface area contributed by atoms with Gasteiger partial charge in [-0.05, 0) is 6.92 Å². The summed E-state index contributed by atoms with van der Waals surface area (Å²) in [7, 11) is 0. The number of aromatic nitrogens is 5. The van der Waals surface area contributed by atoms with Gasteiger partial charge in [0.15, 0.2) is 0 Å². The predicted octanol–water partition coefficient (Wildman–Crippen LogP) is 1.47. The highest BCUT2D eigenvalue weighted by molar-refractivity contribution is 6.16. The van der Waals surface area contributed by atoms with Gasteiger partial charge in [-0.2, -0.15) is 0 Å². The molecule has 0 spiro atoms. The molecule has 2 heterocycles. The summed E-state index contributed by atoms with van der Waals surface area (Å²) in [6.07, 6.45) is 7.20. The summed E-state index contributed by atoms with van der Waals surface area (Å²) in [5.74, 6) is 1.18. The quantitative estimate of drug-likeness (QED) is 0.741. The normalized spacial score (nSPS) is 12.9. The number of imidazole rings is 1. The Morgan fingerprint density at radius 3 is 3.00 bits per heavy atom. The molecule has 80 valence electrons. The number of rotatable bonds is 4. The number of hydrogen-bond donors (Lipinski definition) is 0. The predicted molar refractivity (Wildman–Crippen MR) is 56.5 cm³/mol. The average Bonchev–Trinajstić information content (AvgIpc) is 2.86. The van der Waals surface area contributed by atoms with Crippen molar-refractivity contribution in [2.24, 2.45) is 0 Å². The molecule has 15 heavy (non-hydrogen) atoms. The van der Waals surface area contributed by atoms with E-state index in [1.807, 2.05) is 15.3 Å². The van der Waals surface area contributed by atoms with Gasteiger partial charge in [0.1, 0.15) is 12.2 Å². The molecule has 0 aliphatic carbocycles. The SMILES string of the molecule is CC(Cn1ccnc1)n1cnnc1CCl. The van der Waals surface area contributed by atoms with E-state index in [2.05, 4.69) is 22.1 Å². The zero-order chi connectivity index (χ0) is 10.7. The lowest BCUT2D eigenvalue weighted by molar-refractivity contribution is 0.453. The fraction of sp³-hybridized carbons (Fsp3) is 0.444. The van der Waals surface area contributed by atoms with Crippen molar-refractivity contribution in [1.82, 2.24) is 24.3 Å². The maximum absolute atomic E-state index is 5.76. The first kappa shape index (κ1) is 10.2. The van der Waals surface area contributed by atoms with Gasteiger partial charge < -0.3 is 9.13 Å². The first-order valence-electron chi connectivity index (χ1n) is 4.71. The van der Waals surface area contributed by atoms with Crippen LogP contribution in [0.2, 0.25) is 0 Å². The number of alkyl halides is 1. The first-order chi connectivity index (χ1) is 7.31. The second-order valence-corrected chi connectivity index (χ2v) is 3.66. The summed E-state index contributed by atoms with van der Waals surface area (Å²) in [6, 6.07) is 0.267. The maximum atomic E-state index is 5.76. The van der Waals surface area contributed by atoms with Crippen LogP contribution in [0.15, 0.2) is 25.0 Å². The van der Waals surface area contributed by atoms with Crippen molar-refractivity contribution in [1.29, 1.82) is 0 Å². The zero-order valence-corrected chi connectivity index (χ0v) is 9.17. The minimum Gasteiger partial charge on any atom is -0.335 e. The van der Waals surface area contributed by atoms with Gasteiger partial charge >= 0.3 is 0 Å². The zero-order valence-electron chi connectivity index (χ0n) is 8.41. The lowest BCUT2D eigenvalue weighted by atomic mass is 10.3. The standard InChI is InChI=1S/C9H12ClN5/c1-8(5-14-3-2-11-6-14)15-7-12-13-9(15)4-10/h2-3,6-8H,4-5H2,1H3. The highest BCUT2D eigenvalue weighted by Crippen LogP contribution is 2.11. The molecule has 5 nitrogen and oxygen atoms in total. The second-order valence-electron chi connectivity index (χ2n) is 3.40. The van der Waals surface area contributed by atoms with E-state index < -0.39 is 0 Å². The van der Waals surface area contributed by atoms with Crippen LogP contribution in [0, 0.1) is 0 Å². The van der Waals surface area contributed by atoms with Crippen LogP contribution in [0.3, 0.4) is 0 Å². The Bertz CT molecular complexity index is 408. The van der Waals surface area contributed by atoms with Crippen LogP contribution in [0.25, 0.3) is 0 Å². The molecule has 0 amide bonds. The van der Waals surface area contributed by atoms with Crippen molar-refractivity contribution in [2.75, 3.05) is 0 Å². The van der Waals surface area contributed by atoms with E-state index in [4.69, 9.17) is 11.6 Å². The average molecular weight is 226 g/mol. The Morgan fingerprint density at radius 1 is 1.47 bits per heavy atom. The molecule has 0 saturated heterocycles. The molecule has 0 aromatic carbocycles. The lowest BCUT2D eigenvalue weighted by Crippen LogP contribution is -2.13. The molecule has 0 aliphatic rings. The van der Waals surface area contributed by atoms with E-state index in [0.29, 0.717) is 5.88 Å². The molecule has 2 rings (SSSR count). The van der Waals surface area contributed by atoms with Crippen LogP contribution >= 0.6 is 11.6 Å². The van der Waals surface area contributed by atoms with Crippen LogP contribution in [-0.2, 0) is 12.4 Å². The van der Waals surface area contributed by atoms with Gasteiger partial charge in [0.2, 0.25) is 0 Å². The second kappa shape index (κ2) is 4.44. The van der Waals surface area contributed by atoms with Gasteiger partial charge in [0, 0.05) is 18.9 Å². The monoisotopic (exact) mass is 225 g/mol. The number of hydrogen-bond acceptors (Lipinski definition) is 3. The van der Waals surface area contributed by atoms with E-state index in [1.54, 1.807) is 18.9 Å². The van der Waals surface area contributed by atoms with Crippen LogP contribution in [0.4, 0.5) is 0 Å². The molecule has 1 unspecified atom stereocenters. The van der Waals surface area contributed by atoms with Crippen molar-refractivity contribution in [2.45, 2.75) is 25.4 Å². The minimum absolute atomic E-state index is 0.267. The van der Waals surface area contributed by atoms with Crippen molar-refractivity contribution >= 4 is 11.6 Å². The summed E-state index contributed by atoms with van der Waals surface area (Å²) in [6.45, 7) is 2.93. The number of nitrogens with zero attached hydrogens (tertiary/aromatic N) is 5. The highest BCUT2D eigenvalue weighted by atomic mass is 35.5. The van der Waals surface area contributed by atoms with Crippen molar-refractivity contribution in [3.8, 4) is 0 Å². The third kappa shape index (κ3) is 2.18. The molecular weight excluding hydrogens is 214 g/mol. The van der Waals surface area contributed by atoms with Gasteiger partial charge in [-0.25, -0.2) is 4.98 Å². The Hall–Kier alpha value is -1.36. The smallest absolute Gasteiger partial charge is 0.148 e. The van der Waals surface area contributed by atoms with E-state index in [-0.39, 0.29) is 6.04 Å². The largest absolute Gasteiger partial charge is 0.335 e. The Morgan fingerprint density at radius 2 is 2.33 bits per heavy atom. The molecule has 0 N–H and O–H groups in total. The van der Waals surface area contributed by atoms with Crippen LogP contribution in [0.5, 0.6) is 0 Å². The van der Waals surface area contributed by atoms with Crippen molar-refractivity contribution in [3.63, 3.8) is 0 Å².